The lowest BCUT2D eigenvalue weighted by molar-refractivity contribution is 0.520. The molecule has 2 nitrogen and oxygen atoms in total. The Hall–Kier alpha value is -0.0300. The molecule has 1 aliphatic carbocycles. The van der Waals surface area contributed by atoms with Gasteiger partial charge in [0.1, 0.15) is 0 Å². The molecule has 0 radical (unpaired) electrons. The summed E-state index contributed by atoms with van der Waals surface area (Å²) in [7, 11) is 0. The Balaban J connectivity index is 1.86. The van der Waals surface area contributed by atoms with Crippen molar-refractivity contribution in [1.82, 2.24) is 5.43 Å². The van der Waals surface area contributed by atoms with Gasteiger partial charge in [-0.1, -0.05) is 22.0 Å². The third-order valence-electron chi connectivity index (χ3n) is 2.63. The standard InChI is InChI=1S/C11H15BrN2S/c12-9-2-1-3-10(6-9)15-7-11(14-13)8-4-5-8/h1-3,6,8,11,14H,4-5,7,13H2. The normalized spacial score (nSPS) is 17.7. The van der Waals surface area contributed by atoms with Crippen molar-refractivity contribution in [2.45, 2.75) is 23.8 Å². The van der Waals surface area contributed by atoms with E-state index >= 15 is 0 Å². The molecule has 0 amide bonds. The van der Waals surface area contributed by atoms with Crippen LogP contribution in [-0.2, 0) is 0 Å². The highest BCUT2D eigenvalue weighted by Gasteiger charge is 2.30. The number of thioether (sulfide) groups is 1. The van der Waals surface area contributed by atoms with Gasteiger partial charge in [0.15, 0.2) is 0 Å². The Morgan fingerprint density at radius 3 is 2.93 bits per heavy atom. The first-order valence-corrected chi connectivity index (χ1v) is 6.92. The molecule has 0 aliphatic heterocycles. The minimum Gasteiger partial charge on any atom is -0.271 e. The van der Waals surface area contributed by atoms with Crippen molar-refractivity contribution in [3.05, 3.63) is 28.7 Å². The summed E-state index contributed by atoms with van der Waals surface area (Å²) >= 11 is 5.34. The number of hydrazine groups is 1. The summed E-state index contributed by atoms with van der Waals surface area (Å²) in [4.78, 5) is 1.30. The fraction of sp³-hybridized carbons (Fsp3) is 0.455. The van der Waals surface area contributed by atoms with E-state index in [9.17, 15) is 0 Å². The lowest BCUT2D eigenvalue weighted by atomic mass is 10.2. The number of hydrogen-bond acceptors (Lipinski definition) is 3. The molecule has 0 aromatic heterocycles. The van der Waals surface area contributed by atoms with E-state index in [2.05, 4.69) is 39.6 Å². The molecule has 0 bridgehead atoms. The summed E-state index contributed by atoms with van der Waals surface area (Å²) in [6.07, 6.45) is 2.65. The van der Waals surface area contributed by atoms with Crippen LogP contribution in [-0.4, -0.2) is 11.8 Å². The van der Waals surface area contributed by atoms with E-state index in [0.29, 0.717) is 6.04 Å². The van der Waals surface area contributed by atoms with Gasteiger partial charge in [-0.2, -0.15) is 0 Å². The van der Waals surface area contributed by atoms with E-state index in [4.69, 9.17) is 5.84 Å². The minimum atomic E-state index is 0.467. The molecule has 1 unspecified atom stereocenters. The fourth-order valence-corrected chi connectivity index (χ4v) is 3.24. The lowest BCUT2D eigenvalue weighted by Crippen LogP contribution is -2.38. The average molecular weight is 287 g/mol. The van der Waals surface area contributed by atoms with Crippen molar-refractivity contribution in [3.63, 3.8) is 0 Å². The topological polar surface area (TPSA) is 38.0 Å². The van der Waals surface area contributed by atoms with Crippen molar-refractivity contribution in [2.24, 2.45) is 11.8 Å². The molecule has 4 heteroatoms. The maximum atomic E-state index is 5.54. The highest BCUT2D eigenvalue weighted by molar-refractivity contribution is 9.10. The number of nitrogens with two attached hydrogens (primary N) is 1. The predicted molar refractivity (Wildman–Crippen MR) is 68.7 cm³/mol. The van der Waals surface area contributed by atoms with Crippen molar-refractivity contribution in [2.75, 3.05) is 5.75 Å². The van der Waals surface area contributed by atoms with Gasteiger partial charge in [0.25, 0.3) is 0 Å². The van der Waals surface area contributed by atoms with Gasteiger partial charge in [-0.05, 0) is 37.0 Å². The largest absolute Gasteiger partial charge is 0.271 e. The molecule has 0 heterocycles. The van der Waals surface area contributed by atoms with E-state index in [1.165, 1.54) is 17.7 Å². The number of hydrogen-bond donors (Lipinski definition) is 2. The smallest absolute Gasteiger partial charge is 0.0332 e. The van der Waals surface area contributed by atoms with Crippen molar-refractivity contribution < 1.29 is 0 Å². The van der Waals surface area contributed by atoms with Crippen LogP contribution < -0.4 is 11.3 Å². The van der Waals surface area contributed by atoms with E-state index in [0.717, 1.165) is 16.1 Å². The van der Waals surface area contributed by atoms with Crippen LogP contribution in [0.1, 0.15) is 12.8 Å². The third kappa shape index (κ3) is 3.48. The van der Waals surface area contributed by atoms with E-state index in [1.54, 1.807) is 0 Å². The average Bonchev–Trinajstić information content (AvgIpc) is 3.03. The maximum absolute atomic E-state index is 5.54. The van der Waals surface area contributed by atoms with E-state index in [1.807, 2.05) is 17.8 Å². The first-order chi connectivity index (χ1) is 7.29. The summed E-state index contributed by atoms with van der Waals surface area (Å²) < 4.78 is 1.14. The van der Waals surface area contributed by atoms with Crippen LogP contribution in [0, 0.1) is 5.92 Å². The molecule has 1 saturated carbocycles. The highest BCUT2D eigenvalue weighted by atomic mass is 79.9. The second-order valence-electron chi connectivity index (χ2n) is 3.88. The van der Waals surface area contributed by atoms with Gasteiger partial charge in [0, 0.05) is 21.2 Å². The molecule has 1 fully saturated rings. The molecule has 1 aliphatic rings. The maximum Gasteiger partial charge on any atom is 0.0332 e. The molecule has 1 aromatic carbocycles. The van der Waals surface area contributed by atoms with E-state index in [-0.39, 0.29) is 0 Å². The summed E-state index contributed by atoms with van der Waals surface area (Å²) in [6, 6.07) is 8.85. The zero-order chi connectivity index (χ0) is 10.7. The van der Waals surface area contributed by atoms with Crippen molar-refractivity contribution in [3.8, 4) is 0 Å². The van der Waals surface area contributed by atoms with Crippen LogP contribution >= 0.6 is 27.7 Å². The van der Waals surface area contributed by atoms with E-state index < -0.39 is 0 Å². The summed E-state index contributed by atoms with van der Waals surface area (Å²) in [5, 5.41) is 0. The zero-order valence-corrected chi connectivity index (χ0v) is 10.9. The molecular formula is C11H15BrN2S. The van der Waals surface area contributed by atoms with Crippen LogP contribution in [0.5, 0.6) is 0 Å². The van der Waals surface area contributed by atoms with Gasteiger partial charge in [0.05, 0.1) is 0 Å². The van der Waals surface area contributed by atoms with Gasteiger partial charge < -0.3 is 0 Å². The number of benzene rings is 1. The molecule has 3 N–H and O–H groups in total. The first kappa shape index (κ1) is 11.5. The Labute approximate surface area is 103 Å². The summed E-state index contributed by atoms with van der Waals surface area (Å²) in [6.45, 7) is 0. The van der Waals surface area contributed by atoms with Gasteiger partial charge in [-0.3, -0.25) is 11.3 Å². The van der Waals surface area contributed by atoms with Crippen LogP contribution in [0.2, 0.25) is 0 Å². The summed E-state index contributed by atoms with van der Waals surface area (Å²) in [5.74, 6) is 7.39. The second kappa shape index (κ2) is 5.34. The highest BCUT2D eigenvalue weighted by Crippen LogP contribution is 2.35. The molecule has 2 rings (SSSR count). The lowest BCUT2D eigenvalue weighted by Gasteiger charge is -2.14. The zero-order valence-electron chi connectivity index (χ0n) is 8.45. The quantitative estimate of drug-likeness (QED) is 0.497. The number of halogens is 1. The second-order valence-corrected chi connectivity index (χ2v) is 5.89. The molecule has 1 aromatic rings. The SMILES string of the molecule is NNC(CSc1cccc(Br)c1)C1CC1. The number of rotatable bonds is 5. The molecule has 0 spiro atoms. The van der Waals surface area contributed by atoms with Crippen LogP contribution in [0.25, 0.3) is 0 Å². The van der Waals surface area contributed by atoms with Gasteiger partial charge in [0.2, 0.25) is 0 Å². The Kier molecular flexibility index (Phi) is 4.08. The van der Waals surface area contributed by atoms with Crippen molar-refractivity contribution >= 4 is 27.7 Å². The van der Waals surface area contributed by atoms with Crippen LogP contribution in [0.15, 0.2) is 33.6 Å². The fourth-order valence-electron chi connectivity index (χ4n) is 1.56. The minimum absolute atomic E-state index is 0.467. The molecule has 15 heavy (non-hydrogen) atoms. The number of nitrogens with one attached hydrogen (secondary N) is 1. The van der Waals surface area contributed by atoms with Crippen molar-refractivity contribution in [1.29, 1.82) is 0 Å². The third-order valence-corrected chi connectivity index (χ3v) is 4.24. The van der Waals surface area contributed by atoms with Crippen LogP contribution in [0.4, 0.5) is 0 Å². The first-order valence-electron chi connectivity index (χ1n) is 5.14. The molecule has 0 saturated heterocycles. The Bertz CT molecular complexity index is 328. The monoisotopic (exact) mass is 286 g/mol. The predicted octanol–water partition coefficient (Wildman–Crippen LogP) is 2.78. The Morgan fingerprint density at radius 1 is 1.53 bits per heavy atom. The van der Waals surface area contributed by atoms with Gasteiger partial charge >= 0.3 is 0 Å². The van der Waals surface area contributed by atoms with Gasteiger partial charge in [-0.25, -0.2) is 0 Å². The molecular weight excluding hydrogens is 272 g/mol. The van der Waals surface area contributed by atoms with Gasteiger partial charge in [-0.15, -0.1) is 11.8 Å². The summed E-state index contributed by atoms with van der Waals surface area (Å²) in [5.41, 5.74) is 2.92. The molecule has 82 valence electrons. The van der Waals surface area contributed by atoms with Crippen LogP contribution in [0.3, 0.4) is 0 Å². The molecule has 1 atom stereocenters. The Morgan fingerprint density at radius 2 is 2.33 bits per heavy atom.